The molecule has 6 heteroatoms. The Morgan fingerprint density at radius 2 is 2.00 bits per heavy atom. The van der Waals surface area contributed by atoms with Crippen LogP contribution in [0, 0.1) is 16.0 Å². The first-order valence-corrected chi connectivity index (χ1v) is 7.68. The zero-order chi connectivity index (χ0) is 16.8. The van der Waals surface area contributed by atoms with Crippen molar-refractivity contribution in [1.82, 2.24) is 5.32 Å². The Hall–Kier alpha value is -2.18. The quantitative estimate of drug-likeness (QED) is 0.575. The molecule has 0 fully saturated rings. The van der Waals surface area contributed by atoms with Crippen molar-refractivity contribution >= 4 is 5.69 Å². The van der Waals surface area contributed by atoms with Gasteiger partial charge >= 0.3 is 0 Å². The predicted octanol–water partition coefficient (Wildman–Crippen LogP) is 3.35. The second kappa shape index (κ2) is 7.89. The lowest BCUT2D eigenvalue weighted by Gasteiger charge is -2.13. The van der Waals surface area contributed by atoms with Crippen molar-refractivity contribution in [2.45, 2.75) is 32.9 Å². The normalized spacial score (nSPS) is 13.7. The van der Waals surface area contributed by atoms with E-state index < -0.39 is 4.92 Å². The lowest BCUT2D eigenvalue weighted by atomic mass is 10.1. The molecule has 2 rings (SSSR count). The van der Waals surface area contributed by atoms with E-state index in [1.807, 2.05) is 6.07 Å². The summed E-state index contributed by atoms with van der Waals surface area (Å²) in [7, 11) is 0. The second-order valence-corrected chi connectivity index (χ2v) is 5.86. The molecule has 2 N–H and O–H groups in total. The summed E-state index contributed by atoms with van der Waals surface area (Å²) in [6.07, 6.45) is 0.438. The molecule has 0 radical (unpaired) electrons. The van der Waals surface area contributed by atoms with Gasteiger partial charge in [-0.2, -0.15) is 0 Å². The first-order chi connectivity index (χ1) is 11.0. The SMILES string of the molecule is CC(O)CC(C)CNCc1ccc(-c2ccccc2[N+](=O)[O-])o1. The van der Waals surface area contributed by atoms with Crippen LogP contribution in [0.15, 0.2) is 40.8 Å². The molecule has 0 aliphatic heterocycles. The van der Waals surface area contributed by atoms with E-state index in [9.17, 15) is 15.2 Å². The predicted molar refractivity (Wildman–Crippen MR) is 88.0 cm³/mol. The number of rotatable bonds is 8. The van der Waals surface area contributed by atoms with Crippen molar-refractivity contribution < 1.29 is 14.4 Å². The second-order valence-electron chi connectivity index (χ2n) is 5.86. The van der Waals surface area contributed by atoms with Gasteiger partial charge in [0.05, 0.1) is 23.1 Å². The van der Waals surface area contributed by atoms with Crippen LogP contribution in [0.2, 0.25) is 0 Å². The number of nitrogens with one attached hydrogen (secondary N) is 1. The van der Waals surface area contributed by atoms with Crippen LogP contribution in [-0.2, 0) is 6.54 Å². The van der Waals surface area contributed by atoms with Gasteiger partial charge in [-0.1, -0.05) is 19.1 Å². The highest BCUT2D eigenvalue weighted by Crippen LogP contribution is 2.30. The Morgan fingerprint density at radius 3 is 2.70 bits per heavy atom. The average Bonchev–Trinajstić information content (AvgIpc) is 2.95. The standard InChI is InChI=1S/C17H22N2O4/c1-12(9-13(2)20)10-18-11-14-7-8-17(23-14)15-5-3-4-6-16(15)19(21)22/h3-8,12-13,18,20H,9-11H2,1-2H3. The molecule has 1 heterocycles. The number of nitro benzene ring substituents is 1. The highest BCUT2D eigenvalue weighted by atomic mass is 16.6. The summed E-state index contributed by atoms with van der Waals surface area (Å²) < 4.78 is 5.71. The maximum absolute atomic E-state index is 11.1. The van der Waals surface area contributed by atoms with Gasteiger partial charge in [0.1, 0.15) is 11.5 Å². The van der Waals surface area contributed by atoms with E-state index in [0.29, 0.717) is 23.8 Å². The molecule has 0 aliphatic rings. The molecule has 124 valence electrons. The largest absolute Gasteiger partial charge is 0.459 e. The number of para-hydroxylation sites is 1. The van der Waals surface area contributed by atoms with E-state index >= 15 is 0 Å². The van der Waals surface area contributed by atoms with Crippen LogP contribution in [0.1, 0.15) is 26.0 Å². The third-order valence-electron chi connectivity index (χ3n) is 3.56. The number of hydrogen-bond donors (Lipinski definition) is 2. The number of benzene rings is 1. The van der Waals surface area contributed by atoms with Gasteiger partial charge < -0.3 is 14.8 Å². The molecule has 0 aliphatic carbocycles. The molecule has 6 nitrogen and oxygen atoms in total. The number of aliphatic hydroxyl groups excluding tert-OH is 1. The summed E-state index contributed by atoms with van der Waals surface area (Å²) in [4.78, 5) is 10.7. The third kappa shape index (κ3) is 4.91. The summed E-state index contributed by atoms with van der Waals surface area (Å²) >= 11 is 0. The van der Waals surface area contributed by atoms with Gasteiger partial charge in [0.25, 0.3) is 5.69 Å². The van der Waals surface area contributed by atoms with Crippen LogP contribution in [0.25, 0.3) is 11.3 Å². The minimum Gasteiger partial charge on any atom is -0.459 e. The average molecular weight is 318 g/mol. The van der Waals surface area contributed by atoms with Gasteiger partial charge in [-0.15, -0.1) is 0 Å². The summed E-state index contributed by atoms with van der Waals surface area (Å²) in [6.45, 7) is 5.17. The Kier molecular flexibility index (Phi) is 5.90. The first-order valence-electron chi connectivity index (χ1n) is 7.68. The van der Waals surface area contributed by atoms with Crippen molar-refractivity contribution in [2.75, 3.05) is 6.54 Å². The summed E-state index contributed by atoms with van der Waals surface area (Å²) in [6, 6.07) is 10.1. The fraction of sp³-hybridized carbons (Fsp3) is 0.412. The number of nitrogens with zero attached hydrogens (tertiary/aromatic N) is 1. The fourth-order valence-electron chi connectivity index (χ4n) is 2.57. The maximum atomic E-state index is 11.1. The smallest absolute Gasteiger partial charge is 0.280 e. The molecular weight excluding hydrogens is 296 g/mol. The lowest BCUT2D eigenvalue weighted by molar-refractivity contribution is -0.384. The Balaban J connectivity index is 1.98. The Bertz CT molecular complexity index is 652. The number of hydrogen-bond acceptors (Lipinski definition) is 5. The van der Waals surface area contributed by atoms with Crippen molar-refractivity contribution in [1.29, 1.82) is 0 Å². The van der Waals surface area contributed by atoms with E-state index in [1.54, 1.807) is 31.2 Å². The molecule has 2 aromatic rings. The van der Waals surface area contributed by atoms with E-state index in [0.717, 1.165) is 18.7 Å². The molecule has 23 heavy (non-hydrogen) atoms. The van der Waals surface area contributed by atoms with Crippen LogP contribution < -0.4 is 5.32 Å². The lowest BCUT2D eigenvalue weighted by Crippen LogP contribution is -2.22. The number of furan rings is 1. The minimum atomic E-state index is -0.409. The highest BCUT2D eigenvalue weighted by Gasteiger charge is 2.17. The zero-order valence-corrected chi connectivity index (χ0v) is 13.4. The van der Waals surface area contributed by atoms with Crippen LogP contribution in [0.3, 0.4) is 0 Å². The molecule has 1 aromatic heterocycles. The molecule has 0 spiro atoms. The highest BCUT2D eigenvalue weighted by molar-refractivity contribution is 5.69. The van der Waals surface area contributed by atoms with Crippen LogP contribution in [0.5, 0.6) is 0 Å². The molecule has 2 unspecified atom stereocenters. The van der Waals surface area contributed by atoms with E-state index in [1.165, 1.54) is 6.07 Å². The molecule has 2 atom stereocenters. The van der Waals surface area contributed by atoms with E-state index in [-0.39, 0.29) is 11.8 Å². The molecule has 0 amide bonds. The molecular formula is C17H22N2O4. The van der Waals surface area contributed by atoms with Gasteiger partial charge in [0.2, 0.25) is 0 Å². The third-order valence-corrected chi connectivity index (χ3v) is 3.56. The maximum Gasteiger partial charge on any atom is 0.280 e. The van der Waals surface area contributed by atoms with Gasteiger partial charge in [-0.25, -0.2) is 0 Å². The Labute approximate surface area is 135 Å². The van der Waals surface area contributed by atoms with Gasteiger partial charge in [-0.3, -0.25) is 10.1 Å². The van der Waals surface area contributed by atoms with E-state index in [4.69, 9.17) is 4.42 Å². The summed E-state index contributed by atoms with van der Waals surface area (Å²) in [5.74, 6) is 1.58. The van der Waals surface area contributed by atoms with E-state index in [2.05, 4.69) is 12.2 Å². The first kappa shape index (κ1) is 17.2. The fourth-order valence-corrected chi connectivity index (χ4v) is 2.57. The molecule has 0 saturated heterocycles. The van der Waals surface area contributed by atoms with Crippen molar-refractivity contribution in [3.05, 3.63) is 52.3 Å². The van der Waals surface area contributed by atoms with Crippen LogP contribution in [-0.4, -0.2) is 22.7 Å². The Morgan fingerprint density at radius 1 is 1.26 bits per heavy atom. The summed E-state index contributed by atoms with van der Waals surface area (Å²) in [5, 5.41) is 23.7. The molecule has 0 bridgehead atoms. The van der Waals surface area contributed by atoms with Crippen molar-refractivity contribution in [3.63, 3.8) is 0 Å². The zero-order valence-electron chi connectivity index (χ0n) is 13.4. The van der Waals surface area contributed by atoms with Gasteiger partial charge in [0.15, 0.2) is 0 Å². The molecule has 1 aromatic carbocycles. The summed E-state index contributed by atoms with van der Waals surface area (Å²) in [5.41, 5.74) is 0.512. The monoisotopic (exact) mass is 318 g/mol. The molecule has 0 saturated carbocycles. The van der Waals surface area contributed by atoms with Crippen molar-refractivity contribution in [2.24, 2.45) is 5.92 Å². The van der Waals surface area contributed by atoms with Crippen LogP contribution in [0.4, 0.5) is 5.69 Å². The van der Waals surface area contributed by atoms with Gasteiger partial charge in [-0.05, 0) is 44.0 Å². The minimum absolute atomic E-state index is 0.0342. The van der Waals surface area contributed by atoms with Crippen LogP contribution >= 0.6 is 0 Å². The number of aliphatic hydroxyl groups is 1. The topological polar surface area (TPSA) is 88.5 Å². The van der Waals surface area contributed by atoms with Crippen molar-refractivity contribution in [3.8, 4) is 11.3 Å². The number of nitro groups is 1. The van der Waals surface area contributed by atoms with Gasteiger partial charge in [0, 0.05) is 6.07 Å².